The molecular formula is C13H17N3O. The van der Waals surface area contributed by atoms with E-state index in [2.05, 4.69) is 15.3 Å². The molecule has 2 aromatic heterocycles. The zero-order chi connectivity index (χ0) is 11.7. The van der Waals surface area contributed by atoms with Crippen molar-refractivity contribution in [2.24, 2.45) is 5.92 Å². The molecule has 1 aliphatic heterocycles. The third-order valence-electron chi connectivity index (χ3n) is 3.33. The lowest BCUT2D eigenvalue weighted by molar-refractivity contribution is 0.563. The minimum atomic E-state index is 0.713. The lowest BCUT2D eigenvalue weighted by Gasteiger charge is -2.03. The van der Waals surface area contributed by atoms with Gasteiger partial charge in [-0.15, -0.1) is 0 Å². The van der Waals surface area contributed by atoms with Crippen LogP contribution in [-0.2, 0) is 6.42 Å². The third kappa shape index (κ3) is 2.13. The van der Waals surface area contributed by atoms with Crippen molar-refractivity contribution in [3.63, 3.8) is 0 Å². The first-order chi connectivity index (χ1) is 8.33. The number of nitrogens with zero attached hydrogens (tertiary/aromatic N) is 1. The predicted molar refractivity (Wildman–Crippen MR) is 65.7 cm³/mol. The Labute approximate surface area is 100 Å². The summed E-state index contributed by atoms with van der Waals surface area (Å²) in [5.41, 5.74) is 2.02. The molecular weight excluding hydrogens is 214 g/mol. The van der Waals surface area contributed by atoms with Gasteiger partial charge in [-0.1, -0.05) is 0 Å². The maximum Gasteiger partial charge on any atom is 0.154 e. The van der Waals surface area contributed by atoms with Crippen molar-refractivity contribution in [3.05, 3.63) is 29.9 Å². The molecule has 0 aromatic carbocycles. The van der Waals surface area contributed by atoms with Crippen molar-refractivity contribution in [2.75, 3.05) is 13.1 Å². The summed E-state index contributed by atoms with van der Waals surface area (Å²) < 4.78 is 5.39. The first-order valence-corrected chi connectivity index (χ1v) is 6.13. The molecule has 0 spiro atoms. The molecule has 0 amide bonds. The Balaban J connectivity index is 1.80. The summed E-state index contributed by atoms with van der Waals surface area (Å²) in [5, 5.41) is 3.38. The highest BCUT2D eigenvalue weighted by molar-refractivity contribution is 5.55. The van der Waals surface area contributed by atoms with Gasteiger partial charge in [0.1, 0.15) is 11.5 Å². The average molecular weight is 231 g/mol. The molecule has 3 heterocycles. The van der Waals surface area contributed by atoms with Crippen molar-refractivity contribution in [1.82, 2.24) is 15.3 Å². The van der Waals surface area contributed by atoms with Crippen LogP contribution in [0.15, 0.2) is 22.8 Å². The van der Waals surface area contributed by atoms with Gasteiger partial charge in [0.25, 0.3) is 0 Å². The zero-order valence-electron chi connectivity index (χ0n) is 9.99. The molecule has 4 nitrogen and oxygen atoms in total. The molecule has 1 fully saturated rings. The fourth-order valence-corrected chi connectivity index (χ4v) is 2.43. The lowest BCUT2D eigenvalue weighted by Crippen LogP contribution is -2.11. The van der Waals surface area contributed by atoms with E-state index >= 15 is 0 Å². The Morgan fingerprint density at radius 2 is 2.47 bits per heavy atom. The monoisotopic (exact) mass is 231 g/mol. The van der Waals surface area contributed by atoms with Crippen LogP contribution in [0.2, 0.25) is 0 Å². The second-order valence-corrected chi connectivity index (χ2v) is 4.70. The quantitative estimate of drug-likeness (QED) is 0.850. The van der Waals surface area contributed by atoms with Gasteiger partial charge in [-0.25, -0.2) is 4.98 Å². The van der Waals surface area contributed by atoms with Crippen molar-refractivity contribution < 1.29 is 4.42 Å². The minimum absolute atomic E-state index is 0.713. The van der Waals surface area contributed by atoms with Gasteiger partial charge in [-0.05, 0) is 44.5 Å². The van der Waals surface area contributed by atoms with E-state index in [0.29, 0.717) is 5.92 Å². The van der Waals surface area contributed by atoms with Gasteiger partial charge in [0, 0.05) is 12.1 Å². The van der Waals surface area contributed by atoms with E-state index in [0.717, 1.165) is 42.5 Å². The van der Waals surface area contributed by atoms with Crippen molar-refractivity contribution in [2.45, 2.75) is 19.8 Å². The van der Waals surface area contributed by atoms with E-state index in [9.17, 15) is 0 Å². The summed E-state index contributed by atoms with van der Waals surface area (Å²) in [4.78, 5) is 8.00. The molecule has 1 aliphatic rings. The molecule has 17 heavy (non-hydrogen) atoms. The second-order valence-electron chi connectivity index (χ2n) is 4.70. The Kier molecular flexibility index (Phi) is 2.73. The van der Waals surface area contributed by atoms with Crippen LogP contribution in [0.3, 0.4) is 0 Å². The number of nitrogens with one attached hydrogen (secondary N) is 2. The van der Waals surface area contributed by atoms with Crippen LogP contribution < -0.4 is 5.32 Å². The molecule has 90 valence electrons. The van der Waals surface area contributed by atoms with Gasteiger partial charge < -0.3 is 14.7 Å². The highest BCUT2D eigenvalue weighted by Crippen LogP contribution is 2.23. The number of aryl methyl sites for hydroxylation is 1. The van der Waals surface area contributed by atoms with Crippen LogP contribution in [0.25, 0.3) is 11.5 Å². The first-order valence-electron chi connectivity index (χ1n) is 6.13. The van der Waals surface area contributed by atoms with Crippen molar-refractivity contribution in [1.29, 1.82) is 0 Å². The highest BCUT2D eigenvalue weighted by Gasteiger charge is 2.18. The summed E-state index contributed by atoms with van der Waals surface area (Å²) in [5.74, 6) is 2.63. The van der Waals surface area contributed by atoms with Crippen LogP contribution in [0, 0.1) is 12.8 Å². The van der Waals surface area contributed by atoms with Crippen LogP contribution in [0.4, 0.5) is 0 Å². The Hall–Kier alpha value is -1.55. The van der Waals surface area contributed by atoms with Crippen molar-refractivity contribution in [3.8, 4) is 11.5 Å². The molecule has 0 radical (unpaired) electrons. The first kappa shape index (κ1) is 10.6. The second kappa shape index (κ2) is 4.37. The molecule has 3 rings (SSSR count). The summed E-state index contributed by atoms with van der Waals surface area (Å²) >= 11 is 0. The molecule has 1 saturated heterocycles. The zero-order valence-corrected chi connectivity index (χ0v) is 9.99. The standard InChI is InChI=1S/C13H17N3O/c1-9-13(11-3-2-6-17-11)16-12(15-9)7-10-4-5-14-8-10/h2-3,6,10,14H,4-5,7-8H2,1H3,(H,15,16). The molecule has 0 aliphatic carbocycles. The number of H-pyrrole nitrogens is 1. The van der Waals surface area contributed by atoms with Crippen LogP contribution in [0.1, 0.15) is 17.9 Å². The smallest absolute Gasteiger partial charge is 0.154 e. The number of aromatic amines is 1. The minimum Gasteiger partial charge on any atom is -0.463 e. The normalized spacial score (nSPS) is 19.9. The van der Waals surface area contributed by atoms with Gasteiger partial charge in [0.05, 0.1) is 6.26 Å². The number of hydrogen-bond donors (Lipinski definition) is 2. The predicted octanol–water partition coefficient (Wildman–Crippen LogP) is 2.13. The van der Waals surface area contributed by atoms with E-state index in [-0.39, 0.29) is 0 Å². The Morgan fingerprint density at radius 3 is 3.18 bits per heavy atom. The topological polar surface area (TPSA) is 53.9 Å². The lowest BCUT2D eigenvalue weighted by atomic mass is 10.1. The number of aromatic nitrogens is 2. The SMILES string of the molecule is Cc1[nH]c(CC2CCNC2)nc1-c1ccco1. The van der Waals surface area contributed by atoms with Gasteiger partial charge >= 0.3 is 0 Å². The maximum absolute atomic E-state index is 5.39. The van der Waals surface area contributed by atoms with Gasteiger partial charge in [0.2, 0.25) is 0 Å². The highest BCUT2D eigenvalue weighted by atomic mass is 16.3. The number of imidazole rings is 1. The largest absolute Gasteiger partial charge is 0.463 e. The van der Waals surface area contributed by atoms with Crippen molar-refractivity contribution >= 4 is 0 Å². The molecule has 2 aromatic rings. The van der Waals surface area contributed by atoms with E-state index < -0.39 is 0 Å². The van der Waals surface area contributed by atoms with E-state index in [4.69, 9.17) is 4.42 Å². The van der Waals surface area contributed by atoms with Gasteiger partial charge in [-0.2, -0.15) is 0 Å². The van der Waals surface area contributed by atoms with E-state index in [1.165, 1.54) is 6.42 Å². The molecule has 1 atom stereocenters. The molecule has 4 heteroatoms. The maximum atomic E-state index is 5.39. The molecule has 0 bridgehead atoms. The van der Waals surface area contributed by atoms with Gasteiger partial charge in [-0.3, -0.25) is 0 Å². The fourth-order valence-electron chi connectivity index (χ4n) is 2.43. The number of hydrogen-bond acceptors (Lipinski definition) is 3. The summed E-state index contributed by atoms with van der Waals surface area (Å²) in [6.07, 6.45) is 3.95. The molecule has 1 unspecified atom stereocenters. The number of rotatable bonds is 3. The Morgan fingerprint density at radius 1 is 1.53 bits per heavy atom. The summed E-state index contributed by atoms with van der Waals surface area (Å²) in [7, 11) is 0. The summed E-state index contributed by atoms with van der Waals surface area (Å²) in [6, 6.07) is 3.84. The third-order valence-corrected chi connectivity index (χ3v) is 3.33. The van der Waals surface area contributed by atoms with Crippen LogP contribution in [0.5, 0.6) is 0 Å². The van der Waals surface area contributed by atoms with Gasteiger partial charge in [0.15, 0.2) is 5.76 Å². The fraction of sp³-hybridized carbons (Fsp3) is 0.462. The Bertz CT molecular complexity index is 481. The average Bonchev–Trinajstić information content (AvgIpc) is 3.00. The van der Waals surface area contributed by atoms with E-state index in [1.54, 1.807) is 6.26 Å². The van der Waals surface area contributed by atoms with Crippen LogP contribution in [-0.4, -0.2) is 23.1 Å². The molecule has 2 N–H and O–H groups in total. The van der Waals surface area contributed by atoms with Crippen LogP contribution >= 0.6 is 0 Å². The van der Waals surface area contributed by atoms with E-state index in [1.807, 2.05) is 19.1 Å². The molecule has 0 saturated carbocycles. The number of furan rings is 1. The summed E-state index contributed by atoms with van der Waals surface area (Å²) in [6.45, 7) is 4.28.